The molecule has 0 saturated carbocycles. The van der Waals surface area contributed by atoms with Crippen LogP contribution in [0.5, 0.6) is 0 Å². The molecule has 1 aromatic carbocycles. The van der Waals surface area contributed by atoms with E-state index in [4.69, 9.17) is 5.11 Å². The zero-order valence-electron chi connectivity index (χ0n) is 14.7. The molecule has 2 rings (SSSR count). The number of nitrogens with zero attached hydrogens (tertiary/aromatic N) is 1. The molecule has 0 aliphatic carbocycles. The average molecular weight is 340 g/mol. The lowest BCUT2D eigenvalue weighted by atomic mass is 9.85. The van der Waals surface area contributed by atoms with Crippen LogP contribution < -0.4 is 5.32 Å². The summed E-state index contributed by atoms with van der Waals surface area (Å²) in [5.74, 6) is -1.06. The van der Waals surface area contributed by atoms with Crippen molar-refractivity contribution in [1.29, 1.82) is 0 Å². The van der Waals surface area contributed by atoms with Crippen LogP contribution in [0, 0.1) is 5.41 Å². The lowest BCUT2D eigenvalue weighted by molar-refractivity contribution is -0.139. The standard InChI is InChI=1S/C20H24N2O3/c1-20(2,14-19(24)25)13-18(23)22-17-5-3-4-16(12-17)7-6-15-8-10-21-11-9-15/h3-5,8-12H,6-7,13-14H2,1-2H3,(H,22,23)(H,24,25). The Bertz CT molecular complexity index is 727. The third kappa shape index (κ3) is 6.75. The predicted molar refractivity (Wildman–Crippen MR) is 97.4 cm³/mol. The van der Waals surface area contributed by atoms with E-state index in [9.17, 15) is 9.59 Å². The van der Waals surface area contributed by atoms with Gasteiger partial charge in [-0.15, -0.1) is 0 Å². The second-order valence-corrected chi connectivity index (χ2v) is 7.02. The van der Waals surface area contributed by atoms with Crippen molar-refractivity contribution in [3.05, 3.63) is 59.9 Å². The van der Waals surface area contributed by atoms with E-state index in [-0.39, 0.29) is 18.7 Å². The Morgan fingerprint density at radius 2 is 1.72 bits per heavy atom. The number of aliphatic carboxylic acids is 1. The third-order valence-electron chi connectivity index (χ3n) is 3.93. The molecule has 0 aliphatic rings. The molecule has 0 fully saturated rings. The molecule has 1 aromatic heterocycles. The number of pyridine rings is 1. The first-order valence-electron chi connectivity index (χ1n) is 8.33. The highest BCUT2D eigenvalue weighted by molar-refractivity contribution is 5.91. The molecule has 1 heterocycles. The van der Waals surface area contributed by atoms with Gasteiger partial charge in [-0.2, -0.15) is 0 Å². The summed E-state index contributed by atoms with van der Waals surface area (Å²) in [5, 5.41) is 11.8. The van der Waals surface area contributed by atoms with Crippen LogP contribution >= 0.6 is 0 Å². The Hall–Kier alpha value is -2.69. The van der Waals surface area contributed by atoms with Gasteiger partial charge in [-0.05, 0) is 53.6 Å². The maximum atomic E-state index is 12.2. The van der Waals surface area contributed by atoms with Crippen LogP contribution in [-0.2, 0) is 22.4 Å². The molecule has 132 valence electrons. The lowest BCUT2D eigenvalue weighted by Crippen LogP contribution is -2.24. The number of nitrogens with one attached hydrogen (secondary N) is 1. The van der Waals surface area contributed by atoms with Crippen LogP contribution in [0.3, 0.4) is 0 Å². The number of carboxylic acid groups (broad SMARTS) is 1. The van der Waals surface area contributed by atoms with Gasteiger partial charge in [-0.1, -0.05) is 26.0 Å². The van der Waals surface area contributed by atoms with Crippen molar-refractivity contribution in [2.75, 3.05) is 5.32 Å². The monoisotopic (exact) mass is 340 g/mol. The Morgan fingerprint density at radius 1 is 1.04 bits per heavy atom. The number of rotatable bonds is 8. The predicted octanol–water partition coefficient (Wildman–Crippen LogP) is 3.70. The number of carboxylic acids is 1. The first-order chi connectivity index (χ1) is 11.8. The lowest BCUT2D eigenvalue weighted by Gasteiger charge is -2.21. The highest BCUT2D eigenvalue weighted by Crippen LogP contribution is 2.25. The Morgan fingerprint density at radius 3 is 2.40 bits per heavy atom. The van der Waals surface area contributed by atoms with E-state index in [1.54, 1.807) is 26.2 Å². The van der Waals surface area contributed by atoms with Gasteiger partial charge in [-0.3, -0.25) is 14.6 Å². The minimum atomic E-state index is -0.893. The second kappa shape index (κ2) is 8.42. The Balaban J connectivity index is 1.92. The van der Waals surface area contributed by atoms with Crippen molar-refractivity contribution in [3.8, 4) is 0 Å². The smallest absolute Gasteiger partial charge is 0.303 e. The molecule has 0 radical (unpaired) electrons. The van der Waals surface area contributed by atoms with E-state index in [1.165, 1.54) is 5.56 Å². The van der Waals surface area contributed by atoms with Crippen LogP contribution in [0.4, 0.5) is 5.69 Å². The Labute approximate surface area is 148 Å². The largest absolute Gasteiger partial charge is 0.481 e. The number of carbonyl (C=O) groups is 2. The van der Waals surface area contributed by atoms with Gasteiger partial charge in [0.2, 0.25) is 5.91 Å². The molecule has 0 unspecified atom stereocenters. The van der Waals surface area contributed by atoms with Crippen LogP contribution in [0.2, 0.25) is 0 Å². The van der Waals surface area contributed by atoms with Gasteiger partial charge in [0, 0.05) is 24.5 Å². The quantitative estimate of drug-likeness (QED) is 0.768. The van der Waals surface area contributed by atoms with Gasteiger partial charge in [0.25, 0.3) is 0 Å². The van der Waals surface area contributed by atoms with Gasteiger partial charge in [0.05, 0.1) is 6.42 Å². The minimum Gasteiger partial charge on any atom is -0.481 e. The molecule has 0 bridgehead atoms. The number of benzene rings is 1. The average Bonchev–Trinajstić information content (AvgIpc) is 2.52. The van der Waals surface area contributed by atoms with Gasteiger partial charge >= 0.3 is 5.97 Å². The second-order valence-electron chi connectivity index (χ2n) is 7.02. The minimum absolute atomic E-state index is 0.0353. The zero-order valence-corrected chi connectivity index (χ0v) is 14.7. The molecule has 0 saturated heterocycles. The van der Waals surface area contributed by atoms with Gasteiger partial charge < -0.3 is 10.4 Å². The summed E-state index contributed by atoms with van der Waals surface area (Å²) < 4.78 is 0. The first-order valence-corrected chi connectivity index (χ1v) is 8.33. The van der Waals surface area contributed by atoms with Crippen molar-refractivity contribution in [3.63, 3.8) is 0 Å². The maximum Gasteiger partial charge on any atom is 0.303 e. The number of hydrogen-bond acceptors (Lipinski definition) is 3. The van der Waals surface area contributed by atoms with Crippen molar-refractivity contribution in [2.45, 2.75) is 39.5 Å². The van der Waals surface area contributed by atoms with Crippen LogP contribution in [0.25, 0.3) is 0 Å². The van der Waals surface area contributed by atoms with Crippen LogP contribution in [0.15, 0.2) is 48.8 Å². The van der Waals surface area contributed by atoms with Crippen molar-refractivity contribution in [2.24, 2.45) is 5.41 Å². The zero-order chi connectivity index (χ0) is 18.3. The molecular formula is C20H24N2O3. The number of aryl methyl sites for hydroxylation is 2. The highest BCUT2D eigenvalue weighted by Gasteiger charge is 2.25. The summed E-state index contributed by atoms with van der Waals surface area (Å²) >= 11 is 0. The highest BCUT2D eigenvalue weighted by atomic mass is 16.4. The number of anilines is 1. The summed E-state index contributed by atoms with van der Waals surface area (Å²) in [7, 11) is 0. The fourth-order valence-corrected chi connectivity index (χ4v) is 2.75. The molecule has 5 heteroatoms. The van der Waals surface area contributed by atoms with Crippen molar-refractivity contribution in [1.82, 2.24) is 4.98 Å². The topological polar surface area (TPSA) is 79.3 Å². The molecule has 0 spiro atoms. The first kappa shape index (κ1) is 18.6. The molecule has 2 N–H and O–H groups in total. The van der Waals surface area contributed by atoms with E-state index in [2.05, 4.69) is 10.3 Å². The number of hydrogen-bond donors (Lipinski definition) is 2. The number of aromatic nitrogens is 1. The summed E-state index contributed by atoms with van der Waals surface area (Å²) in [6.45, 7) is 3.57. The maximum absolute atomic E-state index is 12.2. The van der Waals surface area contributed by atoms with Gasteiger partial charge in [-0.25, -0.2) is 0 Å². The number of amides is 1. The van der Waals surface area contributed by atoms with Crippen LogP contribution in [-0.4, -0.2) is 22.0 Å². The Kier molecular flexibility index (Phi) is 6.28. The fourth-order valence-electron chi connectivity index (χ4n) is 2.75. The van der Waals surface area contributed by atoms with E-state index >= 15 is 0 Å². The molecule has 1 amide bonds. The van der Waals surface area contributed by atoms with Gasteiger partial charge in [0.1, 0.15) is 0 Å². The van der Waals surface area contributed by atoms with E-state index in [1.807, 2.05) is 36.4 Å². The van der Waals surface area contributed by atoms with E-state index < -0.39 is 11.4 Å². The van der Waals surface area contributed by atoms with E-state index in [0.29, 0.717) is 0 Å². The van der Waals surface area contributed by atoms with Crippen molar-refractivity contribution < 1.29 is 14.7 Å². The third-order valence-corrected chi connectivity index (χ3v) is 3.93. The summed E-state index contributed by atoms with van der Waals surface area (Å²) in [6.07, 6.45) is 5.48. The summed E-state index contributed by atoms with van der Waals surface area (Å²) in [4.78, 5) is 27.1. The summed E-state index contributed by atoms with van der Waals surface area (Å²) in [5.41, 5.74) is 2.53. The number of carbonyl (C=O) groups excluding carboxylic acids is 1. The van der Waals surface area contributed by atoms with E-state index in [0.717, 1.165) is 24.1 Å². The van der Waals surface area contributed by atoms with Crippen molar-refractivity contribution >= 4 is 17.6 Å². The molecule has 2 aromatic rings. The fraction of sp³-hybridized carbons (Fsp3) is 0.350. The normalized spacial score (nSPS) is 11.1. The molecule has 25 heavy (non-hydrogen) atoms. The summed E-state index contributed by atoms with van der Waals surface area (Å²) in [6, 6.07) is 11.7. The molecular weight excluding hydrogens is 316 g/mol. The molecule has 0 atom stereocenters. The van der Waals surface area contributed by atoms with Crippen LogP contribution in [0.1, 0.15) is 37.8 Å². The van der Waals surface area contributed by atoms with Gasteiger partial charge in [0.15, 0.2) is 0 Å². The molecule has 5 nitrogen and oxygen atoms in total. The molecule has 0 aliphatic heterocycles. The SMILES string of the molecule is CC(C)(CC(=O)O)CC(=O)Nc1cccc(CCc2ccncc2)c1.